The van der Waals surface area contributed by atoms with Gasteiger partial charge in [-0.1, -0.05) is 35.9 Å². The normalized spacial score (nSPS) is 22.7. The number of halogens is 1. The molecule has 4 heteroatoms. The van der Waals surface area contributed by atoms with Crippen LogP contribution in [0, 0.1) is 16.7 Å². The molecule has 0 bridgehead atoms. The van der Waals surface area contributed by atoms with Crippen molar-refractivity contribution in [1.82, 2.24) is 0 Å². The van der Waals surface area contributed by atoms with Gasteiger partial charge in [0.2, 0.25) is 0 Å². The van der Waals surface area contributed by atoms with Gasteiger partial charge in [-0.15, -0.1) is 0 Å². The molecule has 3 nitrogen and oxygen atoms in total. The lowest BCUT2D eigenvalue weighted by atomic mass is 9.73. The van der Waals surface area contributed by atoms with Crippen LogP contribution in [0.2, 0.25) is 0 Å². The molecule has 0 aromatic heterocycles. The van der Waals surface area contributed by atoms with Crippen molar-refractivity contribution in [3.63, 3.8) is 0 Å². The van der Waals surface area contributed by atoms with Crippen molar-refractivity contribution < 1.29 is 9.53 Å². The molecule has 0 N–H and O–H groups in total. The first-order valence-corrected chi connectivity index (χ1v) is 7.07. The highest BCUT2D eigenvalue weighted by Gasteiger charge is 2.42. The molecule has 3 rings (SSSR count). The Kier molecular flexibility index (Phi) is 2.84. The molecule has 1 aromatic rings. The fourth-order valence-electron chi connectivity index (χ4n) is 2.69. The summed E-state index contributed by atoms with van der Waals surface area (Å²) in [5, 5.41) is 9.12. The van der Waals surface area contributed by atoms with E-state index < -0.39 is 5.41 Å². The van der Waals surface area contributed by atoms with E-state index in [1.54, 1.807) is 18.2 Å². The minimum Gasteiger partial charge on any atom is -0.484 e. The Bertz CT molecular complexity index is 722. The summed E-state index contributed by atoms with van der Waals surface area (Å²) in [7, 11) is 0. The second-order valence-corrected chi connectivity index (χ2v) is 6.52. The first-order valence-electron chi connectivity index (χ1n) is 6.28. The first-order chi connectivity index (χ1) is 9.42. The molecule has 20 heavy (non-hydrogen) atoms. The molecule has 0 radical (unpaired) electrons. The third-order valence-electron chi connectivity index (χ3n) is 3.62. The summed E-state index contributed by atoms with van der Waals surface area (Å²) in [5.41, 5.74) is 1.21. The van der Waals surface area contributed by atoms with Gasteiger partial charge in [0.05, 0.1) is 11.6 Å². The monoisotopic (exact) mass is 329 g/mol. The van der Waals surface area contributed by atoms with Crippen molar-refractivity contribution in [2.75, 3.05) is 0 Å². The maximum atomic E-state index is 12.6. The molecule has 2 aliphatic rings. The van der Waals surface area contributed by atoms with E-state index in [9.17, 15) is 4.79 Å². The number of benzene rings is 1. The fraction of sp³-hybridized carbons (Fsp3) is 0.250. The number of allylic oxidation sites excluding steroid dienone is 2. The van der Waals surface area contributed by atoms with Gasteiger partial charge in [0, 0.05) is 21.0 Å². The van der Waals surface area contributed by atoms with Gasteiger partial charge < -0.3 is 4.74 Å². The van der Waals surface area contributed by atoms with E-state index in [1.165, 1.54) is 0 Å². The van der Waals surface area contributed by atoms with Crippen LogP contribution in [0.25, 0.3) is 0 Å². The summed E-state index contributed by atoms with van der Waals surface area (Å²) in [6, 6.07) is 7.53. The van der Waals surface area contributed by atoms with Gasteiger partial charge in [-0.05, 0) is 24.3 Å². The molecule has 1 heterocycles. The Morgan fingerprint density at radius 1 is 1.40 bits per heavy atom. The van der Waals surface area contributed by atoms with Crippen LogP contribution < -0.4 is 4.74 Å². The molecule has 0 amide bonds. The summed E-state index contributed by atoms with van der Waals surface area (Å²) >= 11 is 3.36. The van der Waals surface area contributed by atoms with Crippen molar-refractivity contribution in [3.05, 3.63) is 51.5 Å². The van der Waals surface area contributed by atoms with Gasteiger partial charge in [0.25, 0.3) is 0 Å². The Morgan fingerprint density at radius 3 is 2.85 bits per heavy atom. The fourth-order valence-corrected chi connectivity index (χ4v) is 3.05. The van der Waals surface area contributed by atoms with E-state index in [0.29, 0.717) is 22.5 Å². The molecule has 1 aromatic carbocycles. The number of hydrogen-bond donors (Lipinski definition) is 0. The molecule has 0 saturated heterocycles. The third-order valence-corrected chi connectivity index (χ3v) is 4.11. The molecule has 1 unspecified atom stereocenters. The van der Waals surface area contributed by atoms with Crippen molar-refractivity contribution in [2.24, 2.45) is 5.41 Å². The zero-order valence-electron chi connectivity index (χ0n) is 11.1. The second kappa shape index (κ2) is 4.32. The lowest BCUT2D eigenvalue weighted by molar-refractivity contribution is 0.0846. The number of nitriles is 1. The number of ether oxygens (including phenoxy) is 1. The topological polar surface area (TPSA) is 50.1 Å². The number of carbonyl (C=O) groups excluding carboxylic acids is 1. The van der Waals surface area contributed by atoms with E-state index in [-0.39, 0.29) is 11.9 Å². The zero-order chi connectivity index (χ0) is 14.5. The lowest BCUT2D eigenvalue weighted by Crippen LogP contribution is -2.42. The lowest BCUT2D eigenvalue weighted by Gasteiger charge is -2.39. The van der Waals surface area contributed by atoms with Crippen LogP contribution in [0.3, 0.4) is 0 Å². The van der Waals surface area contributed by atoms with Crippen LogP contribution in [0.1, 0.15) is 24.2 Å². The molecular weight excluding hydrogens is 318 g/mol. The average molecular weight is 330 g/mol. The van der Waals surface area contributed by atoms with Crippen molar-refractivity contribution in [1.29, 1.82) is 5.26 Å². The number of Topliss-reactive ketones (excluding diaryl/α,β-unsaturated/α-hetero) is 1. The van der Waals surface area contributed by atoms with Crippen LogP contribution in [-0.2, 0) is 0 Å². The summed E-state index contributed by atoms with van der Waals surface area (Å²) < 4.78 is 6.84. The molecule has 100 valence electrons. The van der Waals surface area contributed by atoms with Gasteiger partial charge in [0.15, 0.2) is 5.78 Å². The summed E-state index contributed by atoms with van der Waals surface area (Å²) in [6.07, 6.45) is 3.15. The third kappa shape index (κ3) is 1.90. The SMILES string of the molecule is CC1(C)C=C(C#N)C=C2C(=O)c3cc(Br)ccc3OC21. The highest BCUT2D eigenvalue weighted by atomic mass is 79.9. The molecule has 0 fully saturated rings. The summed E-state index contributed by atoms with van der Waals surface area (Å²) in [4.78, 5) is 12.6. The zero-order valence-corrected chi connectivity index (χ0v) is 12.7. The predicted molar refractivity (Wildman–Crippen MR) is 78.4 cm³/mol. The van der Waals surface area contributed by atoms with Crippen LogP contribution in [0.4, 0.5) is 0 Å². The smallest absolute Gasteiger partial charge is 0.196 e. The Hall–Kier alpha value is -1.86. The Morgan fingerprint density at radius 2 is 2.15 bits per heavy atom. The van der Waals surface area contributed by atoms with E-state index in [0.717, 1.165) is 4.47 Å². The van der Waals surface area contributed by atoms with Crippen LogP contribution in [0.15, 0.2) is 46.0 Å². The molecule has 1 aliphatic heterocycles. The number of hydrogen-bond acceptors (Lipinski definition) is 3. The quantitative estimate of drug-likeness (QED) is 0.727. The van der Waals surface area contributed by atoms with Crippen LogP contribution in [0.5, 0.6) is 5.75 Å². The largest absolute Gasteiger partial charge is 0.484 e. The Labute approximate surface area is 125 Å². The predicted octanol–water partition coefficient (Wildman–Crippen LogP) is 3.81. The highest BCUT2D eigenvalue weighted by Crippen LogP contribution is 2.43. The van der Waals surface area contributed by atoms with Gasteiger partial charge in [0.1, 0.15) is 11.9 Å². The number of carbonyl (C=O) groups is 1. The number of rotatable bonds is 0. The van der Waals surface area contributed by atoms with Crippen molar-refractivity contribution in [3.8, 4) is 11.8 Å². The van der Waals surface area contributed by atoms with Crippen LogP contribution >= 0.6 is 15.9 Å². The molecular formula is C16H12BrNO2. The van der Waals surface area contributed by atoms with Crippen molar-refractivity contribution >= 4 is 21.7 Å². The highest BCUT2D eigenvalue weighted by molar-refractivity contribution is 9.10. The standard InChI is InChI=1S/C16H12BrNO2/c1-16(2)7-9(8-18)5-12-14(19)11-6-10(17)3-4-13(11)20-15(12)16/h3-7,15H,1-2H3. The van der Waals surface area contributed by atoms with E-state index in [4.69, 9.17) is 10.00 Å². The molecule has 0 spiro atoms. The van der Waals surface area contributed by atoms with E-state index >= 15 is 0 Å². The minimum atomic E-state index is -0.393. The number of nitrogens with zero attached hydrogens (tertiary/aromatic N) is 1. The Balaban J connectivity index is 2.18. The van der Waals surface area contributed by atoms with Gasteiger partial charge >= 0.3 is 0 Å². The first kappa shape index (κ1) is 13.1. The number of fused-ring (bicyclic) bond motifs is 2. The molecule has 1 aliphatic carbocycles. The average Bonchev–Trinajstić information content (AvgIpc) is 2.40. The molecule has 0 saturated carbocycles. The van der Waals surface area contributed by atoms with Gasteiger partial charge in [-0.25, -0.2) is 0 Å². The van der Waals surface area contributed by atoms with Gasteiger partial charge in [-0.2, -0.15) is 5.26 Å². The van der Waals surface area contributed by atoms with Gasteiger partial charge in [-0.3, -0.25) is 4.79 Å². The maximum absolute atomic E-state index is 12.6. The summed E-state index contributed by atoms with van der Waals surface area (Å²) in [5.74, 6) is 0.536. The second-order valence-electron chi connectivity index (χ2n) is 5.60. The van der Waals surface area contributed by atoms with E-state index in [1.807, 2.05) is 26.0 Å². The maximum Gasteiger partial charge on any atom is 0.196 e. The molecule has 1 atom stereocenters. The van der Waals surface area contributed by atoms with Crippen LogP contribution in [-0.4, -0.2) is 11.9 Å². The van der Waals surface area contributed by atoms with Crippen molar-refractivity contribution in [2.45, 2.75) is 20.0 Å². The van der Waals surface area contributed by atoms with E-state index in [2.05, 4.69) is 22.0 Å². The minimum absolute atomic E-state index is 0.0634. The number of ketones is 1. The summed E-state index contributed by atoms with van der Waals surface area (Å²) in [6.45, 7) is 3.94.